The van der Waals surface area contributed by atoms with Gasteiger partial charge in [-0.3, -0.25) is 19.6 Å². The molecule has 40 heavy (non-hydrogen) atoms. The highest BCUT2D eigenvalue weighted by atomic mass is 35.5. The van der Waals surface area contributed by atoms with E-state index in [9.17, 15) is 9.59 Å². The predicted octanol–water partition coefficient (Wildman–Crippen LogP) is 5.05. The average molecular weight is 611 g/mol. The number of amides is 2. The standard InChI is InChI=1S/C29H35N5O3.3ClH/c1-29(2)27(35)33(3)25-11-10-24(18-26(25)34(4)28(29)36)37-16-6-14-31-20-22-12-15-32-23(17-22)9-8-21-7-5-13-30-19-21;;;/h5,7,10-13,15,17-19,31H,6,8-9,14,16,20H2,1-4H3;3*1H. The van der Waals surface area contributed by atoms with E-state index in [1.165, 1.54) is 11.1 Å². The number of aromatic nitrogens is 2. The summed E-state index contributed by atoms with van der Waals surface area (Å²) in [4.78, 5) is 37.4. The summed E-state index contributed by atoms with van der Waals surface area (Å²) in [5.74, 6) is 0.213. The monoisotopic (exact) mass is 609 g/mol. The van der Waals surface area contributed by atoms with Crippen molar-refractivity contribution in [2.45, 2.75) is 39.7 Å². The highest BCUT2D eigenvalue weighted by Crippen LogP contribution is 2.39. The van der Waals surface area contributed by atoms with Gasteiger partial charge in [0.15, 0.2) is 0 Å². The molecular formula is C29H38Cl3N5O3. The molecule has 0 spiro atoms. The zero-order valence-corrected chi connectivity index (χ0v) is 25.7. The van der Waals surface area contributed by atoms with E-state index in [1.807, 2.05) is 42.7 Å². The Morgan fingerprint density at radius 2 is 1.60 bits per heavy atom. The third-order valence-electron chi connectivity index (χ3n) is 6.72. The summed E-state index contributed by atoms with van der Waals surface area (Å²) in [7, 11) is 3.40. The van der Waals surface area contributed by atoms with Gasteiger partial charge in [-0.05, 0) is 81.1 Å². The highest BCUT2D eigenvalue weighted by molar-refractivity contribution is 6.19. The molecule has 0 bridgehead atoms. The van der Waals surface area contributed by atoms with Crippen LogP contribution in [0.25, 0.3) is 0 Å². The third-order valence-corrected chi connectivity index (χ3v) is 6.72. The molecule has 3 heterocycles. The first-order valence-electron chi connectivity index (χ1n) is 12.6. The van der Waals surface area contributed by atoms with Crippen molar-refractivity contribution < 1.29 is 14.3 Å². The summed E-state index contributed by atoms with van der Waals surface area (Å²) >= 11 is 0. The van der Waals surface area contributed by atoms with Gasteiger partial charge in [-0.25, -0.2) is 0 Å². The summed E-state index contributed by atoms with van der Waals surface area (Å²) in [6.45, 7) is 5.44. The predicted molar refractivity (Wildman–Crippen MR) is 166 cm³/mol. The first-order valence-corrected chi connectivity index (χ1v) is 12.6. The molecule has 1 aliphatic rings. The van der Waals surface area contributed by atoms with Gasteiger partial charge in [0.1, 0.15) is 11.2 Å². The number of nitrogens with zero attached hydrogens (tertiary/aromatic N) is 4. The highest BCUT2D eigenvalue weighted by Gasteiger charge is 2.44. The summed E-state index contributed by atoms with van der Waals surface area (Å²) in [6.07, 6.45) is 8.19. The van der Waals surface area contributed by atoms with E-state index >= 15 is 0 Å². The molecule has 0 atom stereocenters. The molecule has 3 aromatic rings. The Bertz CT molecular complexity index is 1260. The van der Waals surface area contributed by atoms with Gasteiger partial charge in [0.2, 0.25) is 11.8 Å². The molecule has 0 radical (unpaired) electrons. The Labute approximate surface area is 255 Å². The van der Waals surface area contributed by atoms with Crippen LogP contribution in [0.5, 0.6) is 5.75 Å². The molecule has 8 nitrogen and oxygen atoms in total. The van der Waals surface area contributed by atoms with Crippen molar-refractivity contribution in [3.8, 4) is 5.75 Å². The number of aryl methyl sites for hydroxylation is 2. The molecule has 4 rings (SSSR count). The Kier molecular flexibility index (Phi) is 13.8. The molecule has 0 aliphatic carbocycles. The van der Waals surface area contributed by atoms with Crippen molar-refractivity contribution in [3.05, 3.63) is 77.9 Å². The lowest BCUT2D eigenvalue weighted by atomic mass is 9.90. The van der Waals surface area contributed by atoms with Crippen LogP contribution in [0, 0.1) is 5.41 Å². The summed E-state index contributed by atoms with van der Waals surface area (Å²) < 4.78 is 5.96. The molecule has 218 valence electrons. The topological polar surface area (TPSA) is 87.7 Å². The van der Waals surface area contributed by atoms with Gasteiger partial charge < -0.3 is 19.9 Å². The minimum absolute atomic E-state index is 0. The van der Waals surface area contributed by atoms with E-state index < -0.39 is 5.41 Å². The van der Waals surface area contributed by atoms with E-state index in [-0.39, 0.29) is 49.0 Å². The maximum atomic E-state index is 12.9. The van der Waals surface area contributed by atoms with Crippen LogP contribution in [0.3, 0.4) is 0 Å². The summed E-state index contributed by atoms with van der Waals surface area (Å²) in [5, 5.41) is 3.46. The first kappa shape index (κ1) is 35.1. The van der Waals surface area contributed by atoms with Crippen LogP contribution >= 0.6 is 37.2 Å². The normalized spacial score (nSPS) is 13.8. The first-order chi connectivity index (χ1) is 17.8. The van der Waals surface area contributed by atoms with Crippen LogP contribution in [0.4, 0.5) is 11.4 Å². The lowest BCUT2D eigenvalue weighted by Crippen LogP contribution is -2.46. The van der Waals surface area contributed by atoms with Crippen LogP contribution in [0.1, 0.15) is 37.1 Å². The van der Waals surface area contributed by atoms with Crippen LogP contribution in [0.2, 0.25) is 0 Å². The lowest BCUT2D eigenvalue weighted by molar-refractivity contribution is -0.137. The number of pyridine rings is 2. The van der Waals surface area contributed by atoms with Crippen molar-refractivity contribution in [2.75, 3.05) is 37.0 Å². The molecule has 11 heteroatoms. The van der Waals surface area contributed by atoms with Crippen LogP contribution in [-0.2, 0) is 29.0 Å². The number of ether oxygens (including phenoxy) is 1. The number of hydrogen-bond donors (Lipinski definition) is 1. The lowest BCUT2D eigenvalue weighted by Gasteiger charge is -2.25. The number of hydrogen-bond acceptors (Lipinski definition) is 6. The van der Waals surface area contributed by atoms with E-state index in [2.05, 4.69) is 27.4 Å². The number of nitrogens with one attached hydrogen (secondary N) is 1. The molecular weight excluding hydrogens is 573 g/mol. The second kappa shape index (κ2) is 15.8. The molecule has 0 fully saturated rings. The fourth-order valence-electron chi connectivity index (χ4n) is 4.51. The molecule has 0 saturated carbocycles. The van der Waals surface area contributed by atoms with E-state index in [1.54, 1.807) is 43.9 Å². The van der Waals surface area contributed by atoms with Gasteiger partial charge in [0.05, 0.1) is 18.0 Å². The van der Waals surface area contributed by atoms with Gasteiger partial charge in [0.25, 0.3) is 0 Å². The fourth-order valence-corrected chi connectivity index (χ4v) is 4.51. The fraction of sp³-hybridized carbons (Fsp3) is 0.379. The minimum Gasteiger partial charge on any atom is -0.493 e. The average Bonchev–Trinajstić information content (AvgIpc) is 2.96. The van der Waals surface area contributed by atoms with Crippen molar-refractivity contribution in [2.24, 2.45) is 5.41 Å². The second-order valence-corrected chi connectivity index (χ2v) is 9.90. The Morgan fingerprint density at radius 3 is 2.30 bits per heavy atom. The second-order valence-electron chi connectivity index (χ2n) is 9.90. The third kappa shape index (κ3) is 8.30. The maximum absolute atomic E-state index is 12.9. The van der Waals surface area contributed by atoms with E-state index in [4.69, 9.17) is 4.74 Å². The quantitative estimate of drug-likeness (QED) is 0.255. The molecule has 2 aromatic heterocycles. The largest absolute Gasteiger partial charge is 0.493 e. The van der Waals surface area contributed by atoms with Crippen LogP contribution in [0.15, 0.2) is 61.1 Å². The van der Waals surface area contributed by atoms with Crippen LogP contribution < -0.4 is 19.9 Å². The number of fused-ring (bicyclic) bond motifs is 1. The van der Waals surface area contributed by atoms with Crippen molar-refractivity contribution >= 4 is 60.4 Å². The van der Waals surface area contributed by atoms with E-state index in [0.29, 0.717) is 23.7 Å². The molecule has 0 saturated heterocycles. The van der Waals surface area contributed by atoms with Crippen LogP contribution in [-0.4, -0.2) is 49.0 Å². The smallest absolute Gasteiger partial charge is 0.241 e. The molecule has 1 aliphatic heterocycles. The SMILES string of the molecule is CN1C(=O)C(C)(C)C(=O)N(C)c2cc(OCCCNCc3ccnc(CCc4cccnc4)c3)ccc21.Cl.Cl.Cl. The molecule has 2 amide bonds. The zero-order valence-electron chi connectivity index (χ0n) is 23.3. The number of anilines is 2. The van der Waals surface area contributed by atoms with Gasteiger partial charge in [-0.1, -0.05) is 6.07 Å². The van der Waals surface area contributed by atoms with Gasteiger partial charge in [-0.2, -0.15) is 0 Å². The number of halogens is 3. The Balaban J connectivity index is 0.00000267. The minimum atomic E-state index is -1.12. The molecule has 1 N–H and O–H groups in total. The summed E-state index contributed by atoms with van der Waals surface area (Å²) in [5.41, 5.74) is 3.73. The van der Waals surface area contributed by atoms with E-state index in [0.717, 1.165) is 38.0 Å². The molecule has 1 aromatic carbocycles. The Morgan fingerprint density at radius 1 is 0.875 bits per heavy atom. The Hall–Kier alpha value is -2.91. The van der Waals surface area contributed by atoms with Crippen molar-refractivity contribution in [3.63, 3.8) is 0 Å². The van der Waals surface area contributed by atoms with Crippen molar-refractivity contribution in [1.82, 2.24) is 15.3 Å². The van der Waals surface area contributed by atoms with Gasteiger partial charge >= 0.3 is 0 Å². The number of rotatable bonds is 10. The maximum Gasteiger partial charge on any atom is 0.241 e. The zero-order chi connectivity index (χ0) is 26.4. The number of benzene rings is 1. The van der Waals surface area contributed by atoms with Gasteiger partial charge in [-0.15, -0.1) is 37.2 Å². The van der Waals surface area contributed by atoms with Crippen molar-refractivity contribution in [1.29, 1.82) is 0 Å². The number of carbonyl (C=O) groups excluding carboxylic acids is 2. The molecule has 0 unspecified atom stereocenters. The summed E-state index contributed by atoms with van der Waals surface area (Å²) in [6, 6.07) is 13.7. The number of carbonyl (C=O) groups is 2. The van der Waals surface area contributed by atoms with Gasteiger partial charge in [0, 0.05) is 51.0 Å².